The van der Waals surface area contributed by atoms with Crippen LogP contribution in [0, 0.1) is 5.82 Å². The summed E-state index contributed by atoms with van der Waals surface area (Å²) in [5, 5.41) is 2.21. The Labute approximate surface area is 129 Å². The van der Waals surface area contributed by atoms with Gasteiger partial charge in [-0.3, -0.25) is 0 Å². The largest absolute Gasteiger partial charge is 0.395 e. The summed E-state index contributed by atoms with van der Waals surface area (Å²) in [6, 6.07) is -0.0869. The number of urea groups is 1. The fraction of sp³-hybridized carbons (Fsp3) is 0.300. The predicted octanol–water partition coefficient (Wildman–Crippen LogP) is 2.22. The van der Waals surface area contributed by atoms with Crippen LogP contribution in [0.15, 0.2) is 15.4 Å². The third-order valence-electron chi connectivity index (χ3n) is 2.21. The molecule has 1 rings (SSSR count). The van der Waals surface area contributed by atoms with E-state index >= 15 is 0 Å². The van der Waals surface area contributed by atoms with Gasteiger partial charge in [-0.25, -0.2) is 22.3 Å². The van der Waals surface area contributed by atoms with Gasteiger partial charge >= 0.3 is 6.03 Å². The van der Waals surface area contributed by atoms with Gasteiger partial charge < -0.3 is 11.1 Å². The molecule has 112 valence electrons. The fourth-order valence-electron chi connectivity index (χ4n) is 1.25. The maximum atomic E-state index is 13.9. The van der Waals surface area contributed by atoms with Gasteiger partial charge in [-0.2, -0.15) is 0 Å². The van der Waals surface area contributed by atoms with Crippen molar-refractivity contribution in [2.24, 2.45) is 0 Å². The predicted molar refractivity (Wildman–Crippen MR) is 77.5 cm³/mol. The number of nitrogen functional groups attached to an aromatic ring is 1. The Kier molecular flexibility index (Phi) is 5.60. The van der Waals surface area contributed by atoms with Gasteiger partial charge in [0, 0.05) is 6.54 Å². The van der Waals surface area contributed by atoms with Crippen LogP contribution in [0.4, 0.5) is 14.9 Å². The van der Waals surface area contributed by atoms with E-state index < -0.39 is 32.5 Å². The van der Waals surface area contributed by atoms with Crippen molar-refractivity contribution in [3.8, 4) is 0 Å². The summed E-state index contributed by atoms with van der Waals surface area (Å²) in [6.45, 7) is 2.08. The summed E-state index contributed by atoms with van der Waals surface area (Å²) in [5.74, 6) is -1.18. The lowest BCUT2D eigenvalue weighted by Gasteiger charge is -2.11. The lowest BCUT2D eigenvalue weighted by molar-refractivity contribution is 0.246. The average Bonchev–Trinajstić information content (AvgIpc) is 2.37. The van der Waals surface area contributed by atoms with Crippen LogP contribution in [0.1, 0.15) is 13.3 Å². The topological polar surface area (TPSA) is 101 Å². The second-order valence-corrected chi connectivity index (χ2v) is 6.61. The SMILES string of the molecule is CCCNC(=O)NS(=O)(=O)c1cc(Cl)c(Br)c(N)c1F. The van der Waals surface area contributed by atoms with Gasteiger partial charge in [0.25, 0.3) is 10.0 Å². The average molecular weight is 389 g/mol. The number of anilines is 1. The monoisotopic (exact) mass is 387 g/mol. The molecule has 0 saturated heterocycles. The van der Waals surface area contributed by atoms with E-state index in [0.29, 0.717) is 6.42 Å². The zero-order valence-electron chi connectivity index (χ0n) is 10.3. The zero-order chi connectivity index (χ0) is 15.5. The molecule has 20 heavy (non-hydrogen) atoms. The molecule has 0 aliphatic carbocycles. The molecular formula is C10H12BrClFN3O3S. The third-order valence-corrected chi connectivity index (χ3v) is 4.92. The van der Waals surface area contributed by atoms with E-state index in [1.165, 1.54) is 0 Å². The van der Waals surface area contributed by atoms with Gasteiger partial charge in [0.1, 0.15) is 4.90 Å². The molecule has 0 radical (unpaired) electrons. The number of hydrogen-bond donors (Lipinski definition) is 3. The second-order valence-electron chi connectivity index (χ2n) is 3.76. The standard InChI is InChI=1S/C10H12BrClFN3O3S/c1-2-3-15-10(17)16-20(18,19)6-4-5(12)7(11)9(14)8(6)13/h4H,2-3,14H2,1H3,(H2,15,16,17). The molecule has 0 spiro atoms. The first kappa shape index (κ1) is 17.0. The second kappa shape index (κ2) is 6.59. The van der Waals surface area contributed by atoms with Crippen LogP contribution in [0.2, 0.25) is 5.02 Å². The van der Waals surface area contributed by atoms with Crippen LogP contribution in [0.3, 0.4) is 0 Å². The Hall–Kier alpha value is -1.06. The van der Waals surface area contributed by atoms with Crippen LogP contribution >= 0.6 is 27.5 Å². The molecule has 0 aliphatic heterocycles. The quantitative estimate of drug-likeness (QED) is 0.544. The zero-order valence-corrected chi connectivity index (χ0v) is 13.5. The summed E-state index contributed by atoms with van der Waals surface area (Å²) in [7, 11) is -4.40. The smallest absolute Gasteiger partial charge is 0.328 e. The highest BCUT2D eigenvalue weighted by atomic mass is 79.9. The lowest BCUT2D eigenvalue weighted by Crippen LogP contribution is -2.40. The molecule has 10 heteroatoms. The van der Waals surface area contributed by atoms with E-state index in [1.54, 1.807) is 11.6 Å². The maximum absolute atomic E-state index is 13.9. The highest BCUT2D eigenvalue weighted by Gasteiger charge is 2.25. The van der Waals surface area contributed by atoms with E-state index in [4.69, 9.17) is 17.3 Å². The van der Waals surface area contributed by atoms with Gasteiger partial charge in [0.2, 0.25) is 0 Å². The minimum atomic E-state index is -4.40. The Morgan fingerprint density at radius 1 is 1.55 bits per heavy atom. The summed E-state index contributed by atoms with van der Waals surface area (Å²) >= 11 is 8.66. The minimum Gasteiger partial charge on any atom is -0.395 e. The van der Waals surface area contributed by atoms with Crippen molar-refractivity contribution in [3.63, 3.8) is 0 Å². The van der Waals surface area contributed by atoms with Crippen LogP contribution in [-0.2, 0) is 10.0 Å². The molecular weight excluding hydrogens is 377 g/mol. The minimum absolute atomic E-state index is 0.0473. The normalized spacial score (nSPS) is 11.2. The Morgan fingerprint density at radius 3 is 2.70 bits per heavy atom. The number of sulfonamides is 1. The summed E-state index contributed by atoms with van der Waals surface area (Å²) in [4.78, 5) is 10.5. The molecule has 0 unspecified atom stereocenters. The van der Waals surface area contributed by atoms with Crippen molar-refractivity contribution in [1.82, 2.24) is 10.0 Å². The molecule has 1 aromatic rings. The number of nitrogens with two attached hydrogens (primary N) is 1. The molecule has 0 heterocycles. The first-order valence-corrected chi connectivity index (χ1v) is 8.09. The van der Waals surface area contributed by atoms with Crippen molar-refractivity contribution in [2.75, 3.05) is 12.3 Å². The van der Waals surface area contributed by atoms with Crippen LogP contribution < -0.4 is 15.8 Å². The van der Waals surface area contributed by atoms with Crippen LogP contribution in [0.5, 0.6) is 0 Å². The highest BCUT2D eigenvalue weighted by Crippen LogP contribution is 2.34. The van der Waals surface area contributed by atoms with Gasteiger partial charge in [0.05, 0.1) is 15.2 Å². The summed E-state index contributed by atoms with van der Waals surface area (Å²) in [5.41, 5.74) is 4.94. The Morgan fingerprint density at radius 2 is 2.15 bits per heavy atom. The van der Waals surface area contributed by atoms with Crippen molar-refractivity contribution in [1.29, 1.82) is 0 Å². The summed E-state index contributed by atoms with van der Waals surface area (Å²) in [6.07, 6.45) is 0.624. The van der Waals surface area contributed by atoms with E-state index in [0.717, 1.165) is 6.07 Å². The fourth-order valence-corrected chi connectivity index (χ4v) is 2.86. The van der Waals surface area contributed by atoms with Gasteiger partial charge in [-0.1, -0.05) is 18.5 Å². The lowest BCUT2D eigenvalue weighted by atomic mass is 10.3. The molecule has 2 amide bonds. The number of nitrogens with one attached hydrogen (secondary N) is 2. The van der Waals surface area contributed by atoms with Crippen molar-refractivity contribution < 1.29 is 17.6 Å². The Bertz CT molecular complexity index is 639. The number of halogens is 3. The molecule has 0 bridgehead atoms. The van der Waals surface area contributed by atoms with Gasteiger partial charge in [0.15, 0.2) is 5.82 Å². The first-order valence-electron chi connectivity index (χ1n) is 5.44. The summed E-state index contributed by atoms with van der Waals surface area (Å²) < 4.78 is 39.4. The number of benzene rings is 1. The first-order chi connectivity index (χ1) is 9.20. The van der Waals surface area contributed by atoms with E-state index in [1.807, 2.05) is 0 Å². The molecule has 4 N–H and O–H groups in total. The molecule has 0 atom stereocenters. The molecule has 0 aromatic heterocycles. The van der Waals surface area contributed by atoms with Crippen molar-refractivity contribution in [3.05, 3.63) is 21.4 Å². The molecule has 0 fully saturated rings. The van der Waals surface area contributed by atoms with Crippen LogP contribution in [0.25, 0.3) is 0 Å². The molecule has 0 saturated carbocycles. The highest BCUT2D eigenvalue weighted by molar-refractivity contribution is 9.10. The molecule has 6 nitrogen and oxygen atoms in total. The van der Waals surface area contributed by atoms with E-state index in [2.05, 4.69) is 21.2 Å². The van der Waals surface area contributed by atoms with Crippen molar-refractivity contribution >= 4 is 49.3 Å². The Balaban J connectivity index is 3.14. The number of hydrogen-bond acceptors (Lipinski definition) is 4. The maximum Gasteiger partial charge on any atom is 0.328 e. The molecule has 1 aromatic carbocycles. The van der Waals surface area contributed by atoms with Gasteiger partial charge in [-0.15, -0.1) is 0 Å². The number of carbonyl (C=O) groups is 1. The number of rotatable bonds is 4. The third kappa shape index (κ3) is 3.74. The van der Waals surface area contributed by atoms with Crippen molar-refractivity contribution in [2.45, 2.75) is 18.2 Å². The van der Waals surface area contributed by atoms with Gasteiger partial charge in [-0.05, 0) is 28.4 Å². The number of amides is 2. The molecule has 0 aliphatic rings. The van der Waals surface area contributed by atoms with Crippen LogP contribution in [-0.4, -0.2) is 21.0 Å². The van der Waals surface area contributed by atoms with E-state index in [-0.39, 0.29) is 16.0 Å². The van der Waals surface area contributed by atoms with E-state index in [9.17, 15) is 17.6 Å². The number of carbonyl (C=O) groups excluding carboxylic acids is 1.